The molecule has 6 heteroatoms. The quantitative estimate of drug-likeness (QED) is 0.709. The van der Waals surface area contributed by atoms with Gasteiger partial charge in [-0.15, -0.1) is 10.5 Å². The number of amides is 1. The second kappa shape index (κ2) is 6.00. The van der Waals surface area contributed by atoms with Crippen LogP contribution in [0.2, 0.25) is 0 Å². The number of carbonyl (C=O) groups is 1. The lowest BCUT2D eigenvalue weighted by molar-refractivity contribution is -0.116. The largest absolute Gasteiger partial charge is 0.352 e. The molecule has 0 aromatic carbocycles. The van der Waals surface area contributed by atoms with E-state index in [2.05, 4.69) is 26.0 Å². The van der Waals surface area contributed by atoms with Crippen molar-refractivity contribution >= 4 is 27.7 Å². The molecule has 1 aromatic rings. The molecule has 104 valence electrons. The number of fused-ring (bicyclic) bond motifs is 3. The zero-order valence-electron chi connectivity index (χ0n) is 11.0. The number of allylic oxidation sites excluding steroid dienone is 2. The fourth-order valence-corrected chi connectivity index (χ4v) is 3.39. The van der Waals surface area contributed by atoms with Crippen molar-refractivity contribution in [3.63, 3.8) is 0 Å². The number of anilines is 1. The normalized spacial score (nSPS) is 22.1. The molecular weight excluding hydrogens is 272 g/mol. The topological polar surface area (TPSA) is 66.9 Å². The highest BCUT2D eigenvalue weighted by atomic mass is 32.2. The van der Waals surface area contributed by atoms with E-state index in [1.165, 1.54) is 0 Å². The summed E-state index contributed by atoms with van der Waals surface area (Å²) in [6.45, 7) is 0.661. The highest BCUT2D eigenvalue weighted by Gasteiger charge is 2.10. The molecule has 1 unspecified atom stereocenters. The second-order valence-electron chi connectivity index (χ2n) is 4.59. The minimum Gasteiger partial charge on any atom is -0.352 e. The number of nitrogens with zero attached hydrogens (tertiary/aromatic N) is 2. The van der Waals surface area contributed by atoms with Gasteiger partial charge in [-0.25, -0.2) is 9.97 Å². The Hall–Kier alpha value is -1.95. The third kappa shape index (κ3) is 3.14. The molecule has 1 amide bonds. The number of nitrogens with one attached hydrogen (secondary N) is 2. The monoisotopic (exact) mass is 288 g/mol. The van der Waals surface area contributed by atoms with Crippen molar-refractivity contribution in [2.24, 2.45) is 0 Å². The Morgan fingerprint density at radius 3 is 3.20 bits per heavy atom. The van der Waals surface area contributed by atoms with Crippen molar-refractivity contribution in [2.45, 2.75) is 12.8 Å². The van der Waals surface area contributed by atoms with Gasteiger partial charge in [0.1, 0.15) is 0 Å². The lowest BCUT2D eigenvalue weighted by Crippen LogP contribution is -2.27. The first-order chi connectivity index (χ1) is 9.81. The summed E-state index contributed by atoms with van der Waals surface area (Å²) < 4.78 is 0. The van der Waals surface area contributed by atoms with Crippen LogP contribution in [0.25, 0.3) is 0 Å². The fourth-order valence-electron chi connectivity index (χ4n) is 2.05. The minimum atomic E-state index is -0.111. The molecule has 0 spiro atoms. The highest BCUT2D eigenvalue weighted by Crippen LogP contribution is 2.20. The molecule has 2 aliphatic heterocycles. The highest BCUT2D eigenvalue weighted by molar-refractivity contribution is 8.17. The SMILES string of the molecule is O=C1NCCCc2ccnc(n2)NCS2=CC1=CC=C2. The van der Waals surface area contributed by atoms with Crippen LogP contribution in [0.1, 0.15) is 12.1 Å². The molecule has 2 aliphatic rings. The first-order valence-electron chi connectivity index (χ1n) is 6.57. The maximum atomic E-state index is 12.0. The lowest BCUT2D eigenvalue weighted by atomic mass is 10.2. The summed E-state index contributed by atoms with van der Waals surface area (Å²) in [7, 11) is -0.111. The van der Waals surface area contributed by atoms with E-state index >= 15 is 0 Å². The molecule has 5 nitrogen and oxygen atoms in total. The molecule has 4 bridgehead atoms. The molecule has 3 heterocycles. The summed E-state index contributed by atoms with van der Waals surface area (Å²) in [5.74, 6) is 1.38. The van der Waals surface area contributed by atoms with Crippen molar-refractivity contribution in [3.05, 3.63) is 41.1 Å². The summed E-state index contributed by atoms with van der Waals surface area (Å²) in [6.07, 6.45) is 7.28. The van der Waals surface area contributed by atoms with Gasteiger partial charge < -0.3 is 10.6 Å². The molecule has 0 fully saturated rings. The van der Waals surface area contributed by atoms with Crippen LogP contribution in [0.5, 0.6) is 0 Å². The van der Waals surface area contributed by atoms with Gasteiger partial charge >= 0.3 is 0 Å². The van der Waals surface area contributed by atoms with E-state index in [-0.39, 0.29) is 16.4 Å². The average Bonchev–Trinajstić information content (AvgIpc) is 2.50. The van der Waals surface area contributed by atoms with Crippen LogP contribution >= 0.6 is 10.5 Å². The molecular formula is C14H16N4OS. The van der Waals surface area contributed by atoms with Crippen LogP contribution in [0.15, 0.2) is 35.4 Å². The Kier molecular flexibility index (Phi) is 3.92. The number of rotatable bonds is 0. The Labute approximate surface area is 120 Å². The smallest absolute Gasteiger partial charge is 0.251 e. The van der Waals surface area contributed by atoms with Crippen molar-refractivity contribution in [1.29, 1.82) is 0 Å². The molecule has 0 saturated carbocycles. The van der Waals surface area contributed by atoms with Gasteiger partial charge in [0.25, 0.3) is 5.91 Å². The van der Waals surface area contributed by atoms with Crippen LogP contribution in [0, 0.1) is 0 Å². The molecule has 2 N–H and O–H groups in total. The van der Waals surface area contributed by atoms with E-state index in [0.717, 1.165) is 24.1 Å². The molecule has 1 aromatic heterocycles. The maximum Gasteiger partial charge on any atom is 0.251 e. The maximum absolute atomic E-state index is 12.0. The van der Waals surface area contributed by atoms with E-state index in [0.29, 0.717) is 18.4 Å². The Balaban J connectivity index is 1.86. The first-order valence-corrected chi connectivity index (χ1v) is 8.09. The van der Waals surface area contributed by atoms with E-state index in [1.54, 1.807) is 6.20 Å². The van der Waals surface area contributed by atoms with Gasteiger partial charge in [-0.2, -0.15) is 0 Å². The number of aromatic nitrogens is 2. The molecule has 20 heavy (non-hydrogen) atoms. The third-order valence-corrected chi connectivity index (χ3v) is 4.62. The summed E-state index contributed by atoms with van der Waals surface area (Å²) in [5, 5.41) is 10.3. The van der Waals surface area contributed by atoms with Gasteiger partial charge in [0.15, 0.2) is 0 Å². The number of hydrogen-bond acceptors (Lipinski definition) is 4. The molecule has 1 atom stereocenters. The van der Waals surface area contributed by atoms with Crippen molar-refractivity contribution in [1.82, 2.24) is 15.3 Å². The van der Waals surface area contributed by atoms with Gasteiger partial charge in [0.2, 0.25) is 5.95 Å². The summed E-state index contributed by atoms with van der Waals surface area (Å²) in [4.78, 5) is 20.7. The van der Waals surface area contributed by atoms with Crippen LogP contribution in [0.3, 0.4) is 0 Å². The number of carbonyl (C=O) groups excluding carboxylic acids is 1. The van der Waals surface area contributed by atoms with Gasteiger partial charge in [-0.05, 0) is 35.8 Å². The minimum absolute atomic E-state index is 0.00360. The van der Waals surface area contributed by atoms with Gasteiger partial charge in [0.05, 0.1) is 5.88 Å². The van der Waals surface area contributed by atoms with Crippen LogP contribution < -0.4 is 10.6 Å². The van der Waals surface area contributed by atoms with Crippen LogP contribution in [0.4, 0.5) is 5.95 Å². The summed E-state index contributed by atoms with van der Waals surface area (Å²) in [6, 6.07) is 1.92. The second-order valence-corrected chi connectivity index (χ2v) is 6.33. The Bertz CT molecular complexity index is 621. The van der Waals surface area contributed by atoms with E-state index in [1.807, 2.05) is 23.6 Å². The van der Waals surface area contributed by atoms with E-state index in [4.69, 9.17) is 0 Å². The van der Waals surface area contributed by atoms with Crippen molar-refractivity contribution in [2.75, 3.05) is 17.7 Å². The Morgan fingerprint density at radius 2 is 2.25 bits per heavy atom. The fraction of sp³-hybridized carbons (Fsp3) is 0.286. The van der Waals surface area contributed by atoms with Gasteiger partial charge in [-0.3, -0.25) is 4.79 Å². The predicted octanol–water partition coefficient (Wildman–Crippen LogP) is 1.43. The standard InChI is InChI=1S/C14H16N4OS/c19-13-11-3-2-8-20(9-11)10-17-14-16-7-5-12(18-14)4-1-6-15-13/h2-3,5,7-9H,1,4,6,10H2,(H,15,19)(H,16,17,18). The lowest BCUT2D eigenvalue weighted by Gasteiger charge is -2.11. The molecule has 0 saturated heterocycles. The average molecular weight is 288 g/mol. The zero-order chi connectivity index (χ0) is 13.8. The predicted molar refractivity (Wildman–Crippen MR) is 82.7 cm³/mol. The van der Waals surface area contributed by atoms with E-state index < -0.39 is 0 Å². The van der Waals surface area contributed by atoms with Gasteiger partial charge in [0, 0.05) is 24.0 Å². The molecule has 0 radical (unpaired) electrons. The van der Waals surface area contributed by atoms with E-state index in [9.17, 15) is 4.79 Å². The summed E-state index contributed by atoms with van der Waals surface area (Å²) in [5.41, 5.74) is 1.74. The third-order valence-electron chi connectivity index (χ3n) is 3.08. The van der Waals surface area contributed by atoms with Crippen molar-refractivity contribution in [3.8, 4) is 0 Å². The molecule has 0 aliphatic carbocycles. The molecule has 3 rings (SSSR count). The zero-order valence-corrected chi connectivity index (χ0v) is 11.8. The number of hydrogen-bond donors (Lipinski definition) is 2. The number of aryl methyl sites for hydroxylation is 1. The van der Waals surface area contributed by atoms with Crippen LogP contribution in [-0.4, -0.2) is 33.7 Å². The first kappa shape index (κ1) is 13.1. The van der Waals surface area contributed by atoms with Crippen LogP contribution in [-0.2, 0) is 11.2 Å². The van der Waals surface area contributed by atoms with Gasteiger partial charge in [-0.1, -0.05) is 6.08 Å². The summed E-state index contributed by atoms with van der Waals surface area (Å²) >= 11 is 0. The Morgan fingerprint density at radius 1 is 1.30 bits per heavy atom. The van der Waals surface area contributed by atoms with Crippen molar-refractivity contribution < 1.29 is 4.79 Å².